The first-order chi connectivity index (χ1) is 13.9. The molecule has 0 bridgehead atoms. The lowest BCUT2D eigenvalue weighted by atomic mass is 10.1. The number of rotatable bonds is 9. The maximum Gasteiger partial charge on any atom is 0.410 e. The highest BCUT2D eigenvalue weighted by atomic mass is 35.5. The van der Waals surface area contributed by atoms with Gasteiger partial charge in [0, 0.05) is 18.5 Å². The van der Waals surface area contributed by atoms with E-state index in [0.717, 1.165) is 18.4 Å². The van der Waals surface area contributed by atoms with Gasteiger partial charge in [0.25, 0.3) is 0 Å². The van der Waals surface area contributed by atoms with Crippen molar-refractivity contribution < 1.29 is 23.9 Å². The van der Waals surface area contributed by atoms with Gasteiger partial charge < -0.3 is 14.8 Å². The van der Waals surface area contributed by atoms with Crippen molar-refractivity contribution in [1.82, 2.24) is 10.2 Å². The molecule has 1 rings (SSSR count). The third-order valence-corrected chi connectivity index (χ3v) is 4.59. The molecule has 2 amide bonds. The van der Waals surface area contributed by atoms with Crippen LogP contribution in [-0.2, 0) is 25.5 Å². The Balaban J connectivity index is 2.87. The van der Waals surface area contributed by atoms with Crippen LogP contribution in [0.4, 0.5) is 4.79 Å². The highest BCUT2D eigenvalue weighted by molar-refractivity contribution is 6.30. The zero-order valence-electron chi connectivity index (χ0n) is 18.7. The predicted octanol–water partition coefficient (Wildman–Crippen LogP) is 3.97. The van der Waals surface area contributed by atoms with E-state index >= 15 is 0 Å². The Labute approximate surface area is 184 Å². The van der Waals surface area contributed by atoms with Crippen molar-refractivity contribution in [2.45, 2.75) is 71.6 Å². The van der Waals surface area contributed by atoms with Crippen LogP contribution in [-0.4, -0.2) is 54.2 Å². The van der Waals surface area contributed by atoms with Gasteiger partial charge in [0.1, 0.15) is 17.7 Å². The lowest BCUT2D eigenvalue weighted by molar-refractivity contribution is -0.148. The molecule has 0 aromatic heterocycles. The quantitative estimate of drug-likeness (QED) is 0.464. The number of esters is 1. The summed E-state index contributed by atoms with van der Waals surface area (Å²) >= 11 is 5.92. The Morgan fingerprint density at radius 2 is 1.77 bits per heavy atom. The van der Waals surface area contributed by atoms with Gasteiger partial charge in [-0.2, -0.15) is 0 Å². The Bertz CT molecular complexity index is 715. The first-order valence-corrected chi connectivity index (χ1v) is 10.5. The summed E-state index contributed by atoms with van der Waals surface area (Å²) in [6, 6.07) is 5.29. The summed E-state index contributed by atoms with van der Waals surface area (Å²) in [4.78, 5) is 38.8. The van der Waals surface area contributed by atoms with Crippen molar-refractivity contribution in [3.8, 4) is 0 Å². The Morgan fingerprint density at radius 1 is 1.17 bits per heavy atom. The Kier molecular flexibility index (Phi) is 10.1. The number of benzene rings is 1. The Morgan fingerprint density at radius 3 is 2.30 bits per heavy atom. The molecule has 0 saturated carbocycles. The summed E-state index contributed by atoms with van der Waals surface area (Å²) in [7, 11) is 1.48. The van der Waals surface area contributed by atoms with Gasteiger partial charge in [-0.25, -0.2) is 9.59 Å². The molecule has 2 atom stereocenters. The number of nitrogens with one attached hydrogen (secondary N) is 1. The minimum atomic E-state index is -0.884. The number of hydrogen-bond acceptors (Lipinski definition) is 5. The number of halogens is 1. The number of hydrogen-bond donors (Lipinski definition) is 1. The summed E-state index contributed by atoms with van der Waals surface area (Å²) in [5.41, 5.74) is 0.146. The molecule has 1 aromatic rings. The SMILES string of the molecule is CCCCOC(=O)[C@@H](Cc1ccc(Cl)cc1)NC(=O)[C@@H](C)N(C)C(=O)OC(C)(C)C. The number of ether oxygens (including phenoxy) is 2. The van der Waals surface area contributed by atoms with E-state index in [-0.39, 0.29) is 13.0 Å². The van der Waals surface area contributed by atoms with E-state index in [1.54, 1.807) is 52.0 Å². The van der Waals surface area contributed by atoms with E-state index in [1.807, 2.05) is 6.92 Å². The monoisotopic (exact) mass is 440 g/mol. The Hall–Kier alpha value is -2.28. The van der Waals surface area contributed by atoms with Crippen molar-refractivity contribution in [1.29, 1.82) is 0 Å². The third-order valence-electron chi connectivity index (χ3n) is 4.34. The van der Waals surface area contributed by atoms with Gasteiger partial charge in [-0.05, 0) is 51.8 Å². The topological polar surface area (TPSA) is 84.9 Å². The van der Waals surface area contributed by atoms with Crippen LogP contribution in [0.25, 0.3) is 0 Å². The van der Waals surface area contributed by atoms with Crippen LogP contribution in [0.2, 0.25) is 5.02 Å². The van der Waals surface area contributed by atoms with Crippen molar-refractivity contribution in [2.75, 3.05) is 13.7 Å². The lowest BCUT2D eigenvalue weighted by Gasteiger charge is -2.29. The van der Waals surface area contributed by atoms with Crippen molar-refractivity contribution in [3.05, 3.63) is 34.9 Å². The first-order valence-electron chi connectivity index (χ1n) is 10.1. The fourth-order valence-electron chi connectivity index (χ4n) is 2.43. The highest BCUT2D eigenvalue weighted by Crippen LogP contribution is 2.13. The normalized spacial score (nSPS) is 13.2. The predicted molar refractivity (Wildman–Crippen MR) is 116 cm³/mol. The van der Waals surface area contributed by atoms with Crippen molar-refractivity contribution >= 4 is 29.6 Å². The standard InChI is InChI=1S/C22H33ClN2O5/c1-7-8-13-29-20(27)18(14-16-9-11-17(23)12-10-16)24-19(26)15(2)25(6)21(28)30-22(3,4)5/h9-12,15,18H,7-8,13-14H2,1-6H3,(H,24,26)/t15-,18-/m1/s1. The summed E-state index contributed by atoms with van der Waals surface area (Å²) in [5, 5.41) is 3.29. The van der Waals surface area contributed by atoms with Gasteiger partial charge >= 0.3 is 12.1 Å². The van der Waals surface area contributed by atoms with E-state index in [0.29, 0.717) is 5.02 Å². The first kappa shape index (κ1) is 25.8. The van der Waals surface area contributed by atoms with Crippen molar-refractivity contribution in [3.63, 3.8) is 0 Å². The van der Waals surface area contributed by atoms with Gasteiger partial charge in [-0.3, -0.25) is 9.69 Å². The molecule has 1 aromatic carbocycles. The molecule has 30 heavy (non-hydrogen) atoms. The van der Waals surface area contributed by atoms with E-state index in [9.17, 15) is 14.4 Å². The van der Waals surface area contributed by atoms with Crippen molar-refractivity contribution in [2.24, 2.45) is 0 Å². The molecule has 0 spiro atoms. The second kappa shape index (κ2) is 11.8. The molecule has 0 fully saturated rings. The average Bonchev–Trinajstić information content (AvgIpc) is 2.66. The van der Waals surface area contributed by atoms with Crippen LogP contribution in [0.1, 0.15) is 53.0 Å². The smallest absolute Gasteiger partial charge is 0.410 e. The second-order valence-electron chi connectivity index (χ2n) is 8.18. The second-order valence-corrected chi connectivity index (χ2v) is 8.62. The molecule has 0 aliphatic carbocycles. The molecule has 0 radical (unpaired) electrons. The summed E-state index contributed by atoms with van der Waals surface area (Å²) in [5.74, 6) is -0.992. The molecule has 0 heterocycles. The van der Waals surface area contributed by atoms with Gasteiger partial charge in [0.2, 0.25) is 5.91 Å². The molecule has 0 saturated heterocycles. The number of likely N-dealkylation sites (N-methyl/N-ethyl adjacent to an activating group) is 1. The van der Waals surface area contributed by atoms with E-state index in [4.69, 9.17) is 21.1 Å². The van der Waals surface area contributed by atoms with E-state index < -0.39 is 35.7 Å². The molecule has 0 aliphatic heterocycles. The fraction of sp³-hybridized carbons (Fsp3) is 0.591. The molecule has 1 N–H and O–H groups in total. The van der Waals surface area contributed by atoms with Gasteiger partial charge in [-0.1, -0.05) is 37.1 Å². The van der Waals surface area contributed by atoms with Gasteiger partial charge in [-0.15, -0.1) is 0 Å². The zero-order chi connectivity index (χ0) is 22.9. The van der Waals surface area contributed by atoms with E-state index in [2.05, 4.69) is 5.32 Å². The number of nitrogens with zero attached hydrogens (tertiary/aromatic N) is 1. The minimum absolute atomic E-state index is 0.247. The molecule has 0 unspecified atom stereocenters. The number of carbonyl (C=O) groups excluding carboxylic acids is 3. The van der Waals surface area contributed by atoms with E-state index in [1.165, 1.54) is 11.9 Å². The molecular formula is C22H33ClN2O5. The van der Waals surface area contributed by atoms with Crippen LogP contribution in [0.5, 0.6) is 0 Å². The minimum Gasteiger partial charge on any atom is -0.464 e. The summed E-state index contributed by atoms with van der Waals surface area (Å²) < 4.78 is 10.6. The number of amides is 2. The lowest BCUT2D eigenvalue weighted by Crippen LogP contribution is -2.52. The maximum absolute atomic E-state index is 12.8. The van der Waals surface area contributed by atoms with Crippen LogP contribution < -0.4 is 5.32 Å². The van der Waals surface area contributed by atoms with Crippen LogP contribution >= 0.6 is 11.6 Å². The maximum atomic E-state index is 12.8. The molecule has 8 heteroatoms. The number of carbonyl (C=O) groups is 3. The van der Waals surface area contributed by atoms with Gasteiger partial charge in [0.15, 0.2) is 0 Å². The summed E-state index contributed by atoms with van der Waals surface area (Å²) in [6.45, 7) is 9.10. The van der Waals surface area contributed by atoms with Crippen LogP contribution in [0.15, 0.2) is 24.3 Å². The van der Waals surface area contributed by atoms with Gasteiger partial charge in [0.05, 0.1) is 6.61 Å². The molecule has 7 nitrogen and oxygen atoms in total. The fourth-order valence-corrected chi connectivity index (χ4v) is 2.55. The highest BCUT2D eigenvalue weighted by Gasteiger charge is 2.30. The van der Waals surface area contributed by atoms with Crippen LogP contribution in [0.3, 0.4) is 0 Å². The van der Waals surface area contributed by atoms with Crippen LogP contribution in [0, 0.1) is 0 Å². The third kappa shape index (κ3) is 9.03. The largest absolute Gasteiger partial charge is 0.464 e. The summed E-state index contributed by atoms with van der Waals surface area (Å²) in [6.07, 6.45) is 1.26. The molecule has 168 valence electrons. The molecular weight excluding hydrogens is 408 g/mol. The average molecular weight is 441 g/mol. The molecule has 0 aliphatic rings. The number of unbranched alkanes of at least 4 members (excludes halogenated alkanes) is 1. The zero-order valence-corrected chi connectivity index (χ0v) is 19.4.